The van der Waals surface area contributed by atoms with Crippen LogP contribution in [-0.2, 0) is 0 Å². The highest BCUT2D eigenvalue weighted by Gasteiger charge is 2.20. The fourth-order valence-corrected chi connectivity index (χ4v) is 10.0. The average molecular weight is 733 g/mol. The number of nitrogens with zero attached hydrogens (tertiary/aromatic N) is 2. The molecule has 262 valence electrons. The van der Waals surface area contributed by atoms with Crippen LogP contribution in [0.3, 0.4) is 0 Å². The van der Waals surface area contributed by atoms with Crippen molar-refractivity contribution in [2.24, 2.45) is 0 Å². The van der Waals surface area contributed by atoms with Gasteiger partial charge in [0.15, 0.2) is 0 Å². The molecule has 0 aliphatic rings. The molecule has 4 heteroatoms. The molecule has 0 atom stereocenters. The van der Waals surface area contributed by atoms with E-state index >= 15 is 0 Å². The molecule has 0 aliphatic carbocycles. The molecule has 0 bridgehead atoms. The van der Waals surface area contributed by atoms with Crippen molar-refractivity contribution in [1.82, 2.24) is 4.57 Å². The molecule has 0 aliphatic heterocycles. The molecule has 0 N–H and O–H groups in total. The van der Waals surface area contributed by atoms with Gasteiger partial charge in [0, 0.05) is 64.2 Å². The number of benzene rings is 9. The number of hydrogen-bond acceptors (Lipinski definition) is 3. The molecule has 56 heavy (non-hydrogen) atoms. The minimum Gasteiger partial charge on any atom is -0.455 e. The van der Waals surface area contributed by atoms with Gasteiger partial charge in [0.25, 0.3) is 0 Å². The molecule has 0 unspecified atom stereocenters. The molecule has 3 heterocycles. The van der Waals surface area contributed by atoms with Gasteiger partial charge in [-0.25, -0.2) is 0 Å². The first-order chi connectivity index (χ1) is 27.8. The zero-order valence-electron chi connectivity index (χ0n) is 30.2. The summed E-state index contributed by atoms with van der Waals surface area (Å²) in [6.45, 7) is 0. The van der Waals surface area contributed by atoms with Gasteiger partial charge in [-0.1, -0.05) is 115 Å². The van der Waals surface area contributed by atoms with E-state index in [-0.39, 0.29) is 0 Å². The summed E-state index contributed by atoms with van der Waals surface area (Å²) < 4.78 is 11.5. The van der Waals surface area contributed by atoms with Gasteiger partial charge >= 0.3 is 0 Å². The maximum Gasteiger partial charge on any atom is 0.143 e. The Kier molecular flexibility index (Phi) is 6.80. The van der Waals surface area contributed by atoms with Crippen molar-refractivity contribution in [3.63, 3.8) is 0 Å². The number of aromatic nitrogens is 1. The van der Waals surface area contributed by atoms with E-state index in [1.165, 1.54) is 47.4 Å². The lowest BCUT2D eigenvalue weighted by Gasteiger charge is -2.27. The van der Waals surface area contributed by atoms with Crippen LogP contribution < -0.4 is 4.90 Å². The summed E-state index contributed by atoms with van der Waals surface area (Å²) in [7, 11) is 0. The first-order valence-corrected chi connectivity index (χ1v) is 19.8. The largest absolute Gasteiger partial charge is 0.455 e. The fraction of sp³-hybridized carbons (Fsp3) is 0. The van der Waals surface area contributed by atoms with Gasteiger partial charge in [-0.2, -0.15) is 0 Å². The zero-order valence-corrected chi connectivity index (χ0v) is 31.0. The van der Waals surface area contributed by atoms with Crippen molar-refractivity contribution < 1.29 is 4.42 Å². The van der Waals surface area contributed by atoms with Gasteiger partial charge in [-0.05, 0) is 95.4 Å². The Bertz CT molecular complexity index is 3420. The lowest BCUT2D eigenvalue weighted by Crippen LogP contribution is -2.10. The molecule has 0 spiro atoms. The lowest BCUT2D eigenvalue weighted by atomic mass is 9.98. The summed E-state index contributed by atoms with van der Waals surface area (Å²) in [6, 6.07) is 70.2. The third kappa shape index (κ3) is 4.63. The molecule has 0 saturated carbocycles. The van der Waals surface area contributed by atoms with Crippen molar-refractivity contribution in [3.05, 3.63) is 194 Å². The summed E-state index contributed by atoms with van der Waals surface area (Å²) in [5.74, 6) is 0. The van der Waals surface area contributed by atoms with Crippen LogP contribution >= 0.6 is 11.3 Å². The summed E-state index contributed by atoms with van der Waals surface area (Å²) in [4.78, 5) is 2.42. The van der Waals surface area contributed by atoms with Crippen molar-refractivity contribution in [2.45, 2.75) is 0 Å². The predicted octanol–water partition coefficient (Wildman–Crippen LogP) is 15.3. The number of rotatable bonds is 5. The van der Waals surface area contributed by atoms with E-state index in [0.717, 1.165) is 61.2 Å². The van der Waals surface area contributed by atoms with Gasteiger partial charge in [0.1, 0.15) is 11.2 Å². The van der Waals surface area contributed by atoms with Crippen LogP contribution in [0.15, 0.2) is 199 Å². The first-order valence-electron chi connectivity index (χ1n) is 19.0. The van der Waals surface area contributed by atoms with Crippen LogP contribution in [0.5, 0.6) is 0 Å². The quantitative estimate of drug-likeness (QED) is 0.176. The number of fused-ring (bicyclic) bond motifs is 11. The molecule has 3 nitrogen and oxygen atoms in total. The minimum absolute atomic E-state index is 0.902. The van der Waals surface area contributed by atoms with Gasteiger partial charge < -0.3 is 13.9 Å². The molecular formula is C52H32N2OS. The summed E-state index contributed by atoms with van der Waals surface area (Å²) in [5, 5.41) is 9.67. The normalized spacial score (nSPS) is 11.9. The molecule has 0 amide bonds. The second kappa shape index (κ2) is 12.2. The SMILES string of the molecule is c1ccc2c(c1)ccc1c2oc2cccc(-c3ccc(N(c4ccc(-n5c6ccccc6c6ccccc65)cc4)c4cccc5sc6ccccc6c45)cc3)c21. The highest BCUT2D eigenvalue weighted by Crippen LogP contribution is 2.46. The first kappa shape index (κ1) is 31.2. The van der Waals surface area contributed by atoms with Gasteiger partial charge in [0.05, 0.1) is 16.7 Å². The monoisotopic (exact) mass is 732 g/mol. The molecule has 0 fully saturated rings. The van der Waals surface area contributed by atoms with Crippen LogP contribution in [-0.4, -0.2) is 4.57 Å². The fourth-order valence-electron chi connectivity index (χ4n) is 8.91. The highest BCUT2D eigenvalue weighted by molar-refractivity contribution is 7.26. The molecule has 3 aromatic heterocycles. The Morgan fingerprint density at radius 3 is 1.82 bits per heavy atom. The van der Waals surface area contributed by atoms with E-state index in [9.17, 15) is 0 Å². The maximum absolute atomic E-state index is 6.55. The number of para-hydroxylation sites is 2. The highest BCUT2D eigenvalue weighted by atomic mass is 32.1. The molecule has 12 aromatic rings. The lowest BCUT2D eigenvalue weighted by molar-refractivity contribution is 0.673. The van der Waals surface area contributed by atoms with Crippen LogP contribution in [0.2, 0.25) is 0 Å². The maximum atomic E-state index is 6.55. The number of anilines is 3. The molecule has 0 saturated heterocycles. The van der Waals surface area contributed by atoms with Crippen molar-refractivity contribution in [2.75, 3.05) is 4.90 Å². The van der Waals surface area contributed by atoms with Crippen LogP contribution in [0.25, 0.3) is 91.5 Å². The van der Waals surface area contributed by atoms with Crippen molar-refractivity contribution in [1.29, 1.82) is 0 Å². The molecular weight excluding hydrogens is 701 g/mol. The Morgan fingerprint density at radius 2 is 1.05 bits per heavy atom. The molecule has 0 radical (unpaired) electrons. The van der Waals surface area contributed by atoms with Crippen LogP contribution in [0.4, 0.5) is 17.1 Å². The summed E-state index contributed by atoms with van der Waals surface area (Å²) in [5.41, 5.74) is 11.0. The van der Waals surface area contributed by atoms with Crippen molar-refractivity contribution in [3.8, 4) is 16.8 Å². The summed E-state index contributed by atoms with van der Waals surface area (Å²) in [6.07, 6.45) is 0. The second-order valence-electron chi connectivity index (χ2n) is 14.5. The van der Waals surface area contributed by atoms with E-state index in [2.05, 4.69) is 204 Å². The number of furan rings is 1. The number of thiophene rings is 1. The standard InChI is InChI=1S/C52H32N2OS/c1-2-12-39-33(11-1)25-32-43-50-38(16-9-20-47(50)55-52(39)43)34-23-26-35(27-24-34)53(46-19-10-22-49-51(46)42-15-5-8-21-48(42)56-49)36-28-30-37(31-29-36)54-44-17-6-3-13-40(44)41-14-4-7-18-45(41)54/h1-32H. The van der Waals surface area contributed by atoms with Crippen molar-refractivity contribution >= 4 is 103 Å². The summed E-state index contributed by atoms with van der Waals surface area (Å²) >= 11 is 1.85. The predicted molar refractivity (Wildman–Crippen MR) is 239 cm³/mol. The number of hydrogen-bond donors (Lipinski definition) is 0. The van der Waals surface area contributed by atoms with E-state index in [1.54, 1.807) is 0 Å². The van der Waals surface area contributed by atoms with Crippen LogP contribution in [0.1, 0.15) is 0 Å². The Labute approximate surface area is 326 Å². The zero-order chi connectivity index (χ0) is 36.7. The Morgan fingerprint density at radius 1 is 0.429 bits per heavy atom. The third-order valence-electron chi connectivity index (χ3n) is 11.4. The molecule has 9 aromatic carbocycles. The van der Waals surface area contributed by atoms with E-state index in [1.807, 2.05) is 11.3 Å². The Hall–Kier alpha value is -7.14. The average Bonchev–Trinajstić information content (AvgIpc) is 3.95. The Balaban J connectivity index is 1.03. The van der Waals surface area contributed by atoms with Gasteiger partial charge in [0.2, 0.25) is 0 Å². The third-order valence-corrected chi connectivity index (χ3v) is 12.5. The van der Waals surface area contributed by atoms with Gasteiger partial charge in [-0.3, -0.25) is 0 Å². The topological polar surface area (TPSA) is 21.3 Å². The molecule has 12 rings (SSSR count). The van der Waals surface area contributed by atoms with Crippen LogP contribution in [0, 0.1) is 0 Å². The second-order valence-corrected chi connectivity index (χ2v) is 15.5. The van der Waals surface area contributed by atoms with E-state index < -0.39 is 0 Å². The van der Waals surface area contributed by atoms with Gasteiger partial charge in [-0.15, -0.1) is 11.3 Å². The minimum atomic E-state index is 0.902. The van der Waals surface area contributed by atoms with E-state index in [4.69, 9.17) is 4.42 Å². The smallest absolute Gasteiger partial charge is 0.143 e. The van der Waals surface area contributed by atoms with E-state index in [0.29, 0.717) is 0 Å².